The van der Waals surface area contributed by atoms with Crippen LogP contribution in [-0.4, -0.2) is 40.1 Å². The number of alkyl halides is 1. The molecular formula is C13H14BrClO6. The number of carbonyl (C=O) groups excluding carboxylic acids is 2. The first-order valence-corrected chi connectivity index (χ1v) is 7.01. The van der Waals surface area contributed by atoms with E-state index in [2.05, 4.69) is 25.4 Å². The Morgan fingerprint density at radius 1 is 1.24 bits per heavy atom. The molecule has 0 radical (unpaired) electrons. The van der Waals surface area contributed by atoms with Crippen molar-refractivity contribution in [3.8, 4) is 5.75 Å². The van der Waals surface area contributed by atoms with Gasteiger partial charge in [-0.15, -0.1) is 0 Å². The lowest BCUT2D eigenvalue weighted by Crippen LogP contribution is -2.13. The molecule has 0 heterocycles. The van der Waals surface area contributed by atoms with Crippen molar-refractivity contribution >= 4 is 39.5 Å². The van der Waals surface area contributed by atoms with Gasteiger partial charge in [-0.2, -0.15) is 0 Å². The Hall–Kier alpha value is -1.31. The summed E-state index contributed by atoms with van der Waals surface area (Å²) in [5.41, 5.74) is 0.537. The number of ether oxygens (including phenoxy) is 4. The largest absolute Gasteiger partial charge is 0.468 e. The van der Waals surface area contributed by atoms with E-state index < -0.39 is 16.8 Å². The van der Waals surface area contributed by atoms with Gasteiger partial charge in [0.25, 0.3) is 0 Å². The normalized spacial score (nSPS) is 11.7. The van der Waals surface area contributed by atoms with Crippen LogP contribution in [-0.2, 0) is 19.0 Å². The maximum absolute atomic E-state index is 11.6. The molecule has 0 saturated carbocycles. The molecule has 1 aromatic rings. The van der Waals surface area contributed by atoms with Crippen molar-refractivity contribution in [1.82, 2.24) is 0 Å². The molecule has 0 spiro atoms. The molecule has 0 aliphatic carbocycles. The fourth-order valence-electron chi connectivity index (χ4n) is 1.53. The van der Waals surface area contributed by atoms with Crippen LogP contribution in [0.1, 0.15) is 20.7 Å². The third-order valence-electron chi connectivity index (χ3n) is 2.54. The molecule has 0 saturated heterocycles. The van der Waals surface area contributed by atoms with Gasteiger partial charge in [-0.1, -0.05) is 33.6 Å². The topological polar surface area (TPSA) is 71.1 Å². The van der Waals surface area contributed by atoms with Gasteiger partial charge in [0.1, 0.15) is 10.6 Å². The fourth-order valence-corrected chi connectivity index (χ4v) is 2.38. The third kappa shape index (κ3) is 4.09. The molecule has 0 aliphatic heterocycles. The highest BCUT2D eigenvalue weighted by atomic mass is 79.9. The van der Waals surface area contributed by atoms with Crippen LogP contribution in [0.2, 0.25) is 5.02 Å². The molecule has 0 bridgehead atoms. The highest BCUT2D eigenvalue weighted by Crippen LogP contribution is 2.39. The van der Waals surface area contributed by atoms with E-state index in [0.717, 1.165) is 0 Å². The lowest BCUT2D eigenvalue weighted by Gasteiger charge is -2.17. The number of hydrogen-bond acceptors (Lipinski definition) is 6. The molecule has 0 aromatic heterocycles. The monoisotopic (exact) mass is 380 g/mol. The number of esters is 2. The smallest absolute Gasteiger partial charge is 0.339 e. The van der Waals surface area contributed by atoms with E-state index in [4.69, 9.17) is 21.1 Å². The maximum Gasteiger partial charge on any atom is 0.339 e. The summed E-state index contributed by atoms with van der Waals surface area (Å²) in [7, 11) is 3.93. The van der Waals surface area contributed by atoms with E-state index >= 15 is 0 Å². The van der Waals surface area contributed by atoms with E-state index in [0.29, 0.717) is 5.56 Å². The second-order valence-corrected chi connectivity index (χ2v) is 5.07. The first kappa shape index (κ1) is 17.7. The zero-order valence-electron chi connectivity index (χ0n) is 11.6. The van der Waals surface area contributed by atoms with E-state index in [9.17, 15) is 9.59 Å². The van der Waals surface area contributed by atoms with Gasteiger partial charge in [0.05, 0.1) is 24.8 Å². The van der Waals surface area contributed by atoms with Crippen molar-refractivity contribution in [1.29, 1.82) is 0 Å². The summed E-state index contributed by atoms with van der Waals surface area (Å²) in [6.07, 6.45) is 0. The molecule has 8 heteroatoms. The van der Waals surface area contributed by atoms with Crippen LogP contribution in [0, 0.1) is 0 Å². The summed E-state index contributed by atoms with van der Waals surface area (Å²) in [4.78, 5) is 22.5. The van der Waals surface area contributed by atoms with Gasteiger partial charge in [-0.05, 0) is 6.07 Å². The quantitative estimate of drug-likeness (QED) is 0.429. The summed E-state index contributed by atoms with van der Waals surface area (Å²) < 4.78 is 19.5. The molecule has 6 nitrogen and oxygen atoms in total. The number of rotatable bonds is 6. The van der Waals surface area contributed by atoms with Crippen LogP contribution >= 0.6 is 27.5 Å². The Morgan fingerprint density at radius 2 is 1.90 bits per heavy atom. The molecule has 116 valence electrons. The zero-order valence-corrected chi connectivity index (χ0v) is 14.0. The van der Waals surface area contributed by atoms with Gasteiger partial charge in [-0.25, -0.2) is 4.79 Å². The number of methoxy groups -OCH3 is 3. The molecule has 1 unspecified atom stereocenters. The third-order valence-corrected chi connectivity index (χ3v) is 3.78. The minimum atomic E-state index is -0.793. The Balaban J connectivity index is 3.33. The molecule has 21 heavy (non-hydrogen) atoms. The zero-order chi connectivity index (χ0) is 16.0. The second-order valence-electron chi connectivity index (χ2n) is 3.77. The van der Waals surface area contributed by atoms with Crippen molar-refractivity contribution in [2.75, 3.05) is 28.1 Å². The second kappa shape index (κ2) is 8.21. The van der Waals surface area contributed by atoms with Gasteiger partial charge < -0.3 is 18.9 Å². The average molecular weight is 382 g/mol. The molecule has 0 fully saturated rings. The highest BCUT2D eigenvalue weighted by Gasteiger charge is 2.26. The van der Waals surface area contributed by atoms with E-state index in [1.54, 1.807) is 0 Å². The van der Waals surface area contributed by atoms with Crippen molar-refractivity contribution in [3.63, 3.8) is 0 Å². The van der Waals surface area contributed by atoms with Gasteiger partial charge in [0.2, 0.25) is 0 Å². The van der Waals surface area contributed by atoms with E-state index in [-0.39, 0.29) is 23.1 Å². The van der Waals surface area contributed by atoms with Crippen molar-refractivity contribution in [2.24, 2.45) is 0 Å². The molecule has 1 rings (SSSR count). The Bertz CT molecular complexity index is 534. The summed E-state index contributed by atoms with van der Waals surface area (Å²) >= 11 is 9.36. The molecule has 0 aliphatic rings. The molecule has 0 N–H and O–H groups in total. The Morgan fingerprint density at radius 3 is 2.43 bits per heavy atom. The fraction of sp³-hybridized carbons (Fsp3) is 0.385. The summed E-state index contributed by atoms with van der Waals surface area (Å²) in [5.74, 6) is -0.995. The van der Waals surface area contributed by atoms with E-state index in [1.807, 2.05) is 0 Å². The number of benzene rings is 1. The first-order valence-electron chi connectivity index (χ1n) is 5.72. The average Bonchev–Trinajstić information content (AvgIpc) is 2.51. The van der Waals surface area contributed by atoms with Crippen LogP contribution in [0.15, 0.2) is 12.1 Å². The van der Waals surface area contributed by atoms with Gasteiger partial charge in [0, 0.05) is 12.7 Å². The van der Waals surface area contributed by atoms with Crippen LogP contribution in [0.4, 0.5) is 0 Å². The number of carbonyl (C=O) groups is 2. The lowest BCUT2D eigenvalue weighted by molar-refractivity contribution is -0.139. The van der Waals surface area contributed by atoms with Crippen LogP contribution < -0.4 is 4.74 Å². The lowest BCUT2D eigenvalue weighted by atomic mass is 10.1. The summed E-state index contributed by atoms with van der Waals surface area (Å²) in [6.45, 7) is -0.0990. The predicted molar refractivity (Wildman–Crippen MR) is 79.0 cm³/mol. The first-order chi connectivity index (χ1) is 9.97. The van der Waals surface area contributed by atoms with Crippen molar-refractivity contribution < 1.29 is 28.5 Å². The number of halogens is 2. The molecule has 0 amide bonds. The van der Waals surface area contributed by atoms with Crippen LogP contribution in [0.3, 0.4) is 0 Å². The minimum Gasteiger partial charge on any atom is -0.468 e. The standard InChI is InChI=1S/C13H14BrClO6/c1-18-6-21-11-7(9(14)13(17)20-3)4-5-8(10(11)15)12(16)19-2/h4-5,9H,6H2,1-3H3. The molecule has 1 atom stereocenters. The molecule has 1 aromatic carbocycles. The maximum atomic E-state index is 11.6. The molecular weight excluding hydrogens is 367 g/mol. The van der Waals surface area contributed by atoms with Gasteiger partial charge in [0.15, 0.2) is 6.79 Å². The van der Waals surface area contributed by atoms with Crippen molar-refractivity contribution in [3.05, 3.63) is 28.3 Å². The summed E-state index contributed by atoms with van der Waals surface area (Å²) in [6, 6.07) is 2.97. The Kier molecular flexibility index (Phi) is 6.94. The Labute approximate surface area is 135 Å². The highest BCUT2D eigenvalue weighted by molar-refractivity contribution is 9.09. The van der Waals surface area contributed by atoms with Gasteiger partial charge in [-0.3, -0.25) is 4.79 Å². The minimum absolute atomic E-state index is 0.0322. The van der Waals surface area contributed by atoms with Gasteiger partial charge >= 0.3 is 11.9 Å². The summed E-state index contributed by atoms with van der Waals surface area (Å²) in [5, 5.41) is 0.0322. The van der Waals surface area contributed by atoms with Crippen molar-refractivity contribution in [2.45, 2.75) is 4.83 Å². The number of hydrogen-bond donors (Lipinski definition) is 0. The predicted octanol–water partition coefficient (Wildman–Crippen LogP) is 2.72. The van der Waals surface area contributed by atoms with Crippen LogP contribution in [0.25, 0.3) is 0 Å². The van der Waals surface area contributed by atoms with E-state index in [1.165, 1.54) is 33.5 Å². The van der Waals surface area contributed by atoms with Crippen LogP contribution in [0.5, 0.6) is 5.75 Å². The SMILES string of the molecule is COCOc1c(C(Br)C(=O)OC)ccc(C(=O)OC)c1Cl.